The molecule has 2 saturated heterocycles. The van der Waals surface area contributed by atoms with Crippen LogP contribution in [0.4, 0.5) is 0 Å². The van der Waals surface area contributed by atoms with Gasteiger partial charge in [0, 0.05) is 32.6 Å². The summed E-state index contributed by atoms with van der Waals surface area (Å²) < 4.78 is 5.26. The van der Waals surface area contributed by atoms with E-state index in [0.717, 1.165) is 49.7 Å². The molecule has 2 atom stereocenters. The highest BCUT2D eigenvalue weighted by atomic mass is 35.5. The Morgan fingerprint density at radius 3 is 2.37 bits per heavy atom. The molecule has 0 spiro atoms. The van der Waals surface area contributed by atoms with E-state index in [4.69, 9.17) is 4.74 Å². The maximum Gasteiger partial charge on any atom is 0.228 e. The van der Waals surface area contributed by atoms with Crippen molar-refractivity contribution in [1.29, 1.82) is 0 Å². The van der Waals surface area contributed by atoms with Crippen LogP contribution in [0.5, 0.6) is 5.75 Å². The molecule has 1 N–H and O–H groups in total. The fourth-order valence-electron chi connectivity index (χ4n) is 4.75. The van der Waals surface area contributed by atoms with Crippen LogP contribution in [-0.2, 0) is 9.59 Å². The number of nitrogens with zero attached hydrogens (tertiary/aromatic N) is 2. The number of nitrogens with one attached hydrogen (secondary N) is 1. The van der Waals surface area contributed by atoms with Crippen molar-refractivity contribution < 1.29 is 14.3 Å². The average molecular weight is 436 g/mol. The Kier molecular flexibility index (Phi) is 7.64. The molecule has 4 rings (SSSR count). The normalized spacial score (nSPS) is 25.1. The van der Waals surface area contributed by atoms with Crippen LogP contribution in [0, 0.1) is 11.8 Å². The minimum absolute atomic E-state index is 0. The van der Waals surface area contributed by atoms with Crippen molar-refractivity contribution in [1.82, 2.24) is 15.1 Å². The second-order valence-corrected chi connectivity index (χ2v) is 8.82. The van der Waals surface area contributed by atoms with Gasteiger partial charge in [-0.25, -0.2) is 0 Å². The molecule has 0 radical (unpaired) electrons. The number of carbonyl (C=O) groups excluding carboxylic acids is 2. The van der Waals surface area contributed by atoms with Crippen LogP contribution in [-0.4, -0.2) is 61.4 Å². The number of amides is 2. The lowest BCUT2D eigenvalue weighted by atomic mass is 9.83. The summed E-state index contributed by atoms with van der Waals surface area (Å²) in [5.41, 5.74) is 1.00. The van der Waals surface area contributed by atoms with Gasteiger partial charge in [-0.1, -0.05) is 12.1 Å². The average Bonchev–Trinajstić information content (AvgIpc) is 3.59. The molecule has 0 aromatic heterocycles. The Morgan fingerprint density at radius 1 is 1.10 bits per heavy atom. The first-order valence-electron chi connectivity index (χ1n) is 11.0. The minimum Gasteiger partial charge on any atom is -0.497 e. The summed E-state index contributed by atoms with van der Waals surface area (Å²) in [6.45, 7) is 2.75. The van der Waals surface area contributed by atoms with Crippen LogP contribution >= 0.6 is 12.4 Å². The molecule has 2 amide bonds. The summed E-state index contributed by atoms with van der Waals surface area (Å²) in [7, 11) is 3.46. The number of methoxy groups -OCH3 is 1. The van der Waals surface area contributed by atoms with E-state index in [1.54, 1.807) is 12.0 Å². The van der Waals surface area contributed by atoms with Gasteiger partial charge in [-0.2, -0.15) is 0 Å². The molecule has 2 heterocycles. The molecule has 0 bridgehead atoms. The highest BCUT2D eigenvalue weighted by Gasteiger charge is 2.41. The molecule has 7 heteroatoms. The molecule has 30 heavy (non-hydrogen) atoms. The number of hydrogen-bond donors (Lipinski definition) is 1. The van der Waals surface area contributed by atoms with Gasteiger partial charge in [-0.05, 0) is 62.3 Å². The number of likely N-dealkylation sites (tertiary alicyclic amines) is 2. The topological polar surface area (TPSA) is 61.9 Å². The molecule has 1 aromatic carbocycles. The van der Waals surface area contributed by atoms with Gasteiger partial charge in [0.2, 0.25) is 11.8 Å². The van der Waals surface area contributed by atoms with E-state index < -0.39 is 0 Å². The van der Waals surface area contributed by atoms with Crippen LogP contribution in [0.1, 0.15) is 50.1 Å². The maximum atomic E-state index is 13.4. The zero-order valence-electron chi connectivity index (χ0n) is 18.0. The van der Waals surface area contributed by atoms with Crippen LogP contribution in [0.25, 0.3) is 0 Å². The summed E-state index contributed by atoms with van der Waals surface area (Å²) in [6.07, 6.45) is 5.84. The van der Waals surface area contributed by atoms with Gasteiger partial charge in [-0.15, -0.1) is 12.4 Å². The fourth-order valence-corrected chi connectivity index (χ4v) is 4.75. The largest absolute Gasteiger partial charge is 0.497 e. The number of piperidine rings is 2. The van der Waals surface area contributed by atoms with E-state index in [9.17, 15) is 9.59 Å². The van der Waals surface area contributed by atoms with Crippen molar-refractivity contribution in [3.63, 3.8) is 0 Å². The minimum atomic E-state index is -0.208. The third-order valence-electron chi connectivity index (χ3n) is 6.83. The number of hydrogen-bond acceptors (Lipinski definition) is 4. The quantitative estimate of drug-likeness (QED) is 0.746. The van der Waals surface area contributed by atoms with E-state index in [1.165, 1.54) is 12.8 Å². The number of ether oxygens (including phenoxy) is 1. The number of benzene rings is 1. The molecule has 6 nitrogen and oxygen atoms in total. The zero-order valence-corrected chi connectivity index (χ0v) is 18.8. The second-order valence-electron chi connectivity index (χ2n) is 8.82. The Balaban J connectivity index is 0.00000256. The molecule has 2 aliphatic heterocycles. The van der Waals surface area contributed by atoms with Crippen molar-refractivity contribution in [2.24, 2.45) is 11.8 Å². The van der Waals surface area contributed by atoms with Gasteiger partial charge < -0.3 is 19.9 Å². The Labute approximate surface area is 185 Å². The van der Waals surface area contributed by atoms with Gasteiger partial charge >= 0.3 is 0 Å². The Bertz CT molecular complexity index is 730. The summed E-state index contributed by atoms with van der Waals surface area (Å²) in [5.74, 6) is 1.79. The van der Waals surface area contributed by atoms with Gasteiger partial charge in [0.15, 0.2) is 0 Å². The van der Waals surface area contributed by atoms with Gasteiger partial charge in [0.05, 0.1) is 19.1 Å². The highest BCUT2D eigenvalue weighted by Crippen LogP contribution is 2.38. The van der Waals surface area contributed by atoms with E-state index in [-0.39, 0.29) is 36.2 Å². The summed E-state index contributed by atoms with van der Waals surface area (Å²) >= 11 is 0. The van der Waals surface area contributed by atoms with E-state index in [1.807, 2.05) is 36.2 Å². The standard InChI is InChI=1S/C23H33N3O3.ClH/c1-25-21(27)10-9-20(22(25)17-5-7-19(29-2)8-6-17)23(28)26-13-11-18(12-14-26)24-15-16-3-4-16;/h5-8,16,18,20,22,24H,3-4,9-15H2,1-2H3;1H. The van der Waals surface area contributed by atoms with Crippen LogP contribution in [0.2, 0.25) is 0 Å². The molecule has 1 aromatic rings. The number of halogens is 1. The first-order valence-corrected chi connectivity index (χ1v) is 11.0. The first-order chi connectivity index (χ1) is 14.1. The lowest BCUT2D eigenvalue weighted by Gasteiger charge is -2.42. The van der Waals surface area contributed by atoms with E-state index in [0.29, 0.717) is 18.9 Å². The number of rotatable bonds is 6. The predicted octanol–water partition coefficient (Wildman–Crippen LogP) is 3.02. The molecule has 3 fully saturated rings. The molecule has 1 aliphatic carbocycles. The van der Waals surface area contributed by atoms with Crippen molar-refractivity contribution in [3.05, 3.63) is 29.8 Å². The lowest BCUT2D eigenvalue weighted by Crippen LogP contribution is -2.51. The summed E-state index contributed by atoms with van der Waals surface area (Å²) in [4.78, 5) is 29.6. The maximum absolute atomic E-state index is 13.4. The van der Waals surface area contributed by atoms with Crippen LogP contribution < -0.4 is 10.1 Å². The molecular weight excluding hydrogens is 402 g/mol. The Morgan fingerprint density at radius 2 is 1.77 bits per heavy atom. The molecular formula is C23H34ClN3O3. The fraction of sp³-hybridized carbons (Fsp3) is 0.652. The van der Waals surface area contributed by atoms with Gasteiger partial charge in [0.1, 0.15) is 5.75 Å². The lowest BCUT2D eigenvalue weighted by molar-refractivity contribution is -0.147. The third-order valence-corrected chi connectivity index (χ3v) is 6.83. The molecule has 3 aliphatic rings. The zero-order chi connectivity index (χ0) is 20.4. The van der Waals surface area contributed by atoms with Gasteiger partial charge in [0.25, 0.3) is 0 Å². The second kappa shape index (κ2) is 10.0. The van der Waals surface area contributed by atoms with Crippen molar-refractivity contribution in [3.8, 4) is 5.75 Å². The van der Waals surface area contributed by atoms with Crippen LogP contribution in [0.15, 0.2) is 24.3 Å². The summed E-state index contributed by atoms with van der Waals surface area (Å²) in [6, 6.07) is 8.09. The highest BCUT2D eigenvalue weighted by molar-refractivity contribution is 5.85. The van der Waals surface area contributed by atoms with Gasteiger partial charge in [-0.3, -0.25) is 9.59 Å². The number of carbonyl (C=O) groups is 2. The molecule has 166 valence electrons. The van der Waals surface area contributed by atoms with E-state index >= 15 is 0 Å². The van der Waals surface area contributed by atoms with E-state index in [2.05, 4.69) is 5.32 Å². The predicted molar refractivity (Wildman–Crippen MR) is 119 cm³/mol. The van der Waals surface area contributed by atoms with Crippen LogP contribution in [0.3, 0.4) is 0 Å². The van der Waals surface area contributed by atoms with Crippen molar-refractivity contribution in [2.45, 2.75) is 50.6 Å². The molecule has 1 saturated carbocycles. The Hall–Kier alpha value is -1.79. The van der Waals surface area contributed by atoms with Crippen molar-refractivity contribution >= 4 is 24.2 Å². The summed E-state index contributed by atoms with van der Waals surface area (Å²) in [5, 5.41) is 3.68. The molecule has 2 unspecified atom stereocenters. The SMILES string of the molecule is COc1ccc(C2C(C(=O)N3CCC(NCC4CC4)CC3)CCC(=O)N2C)cc1.Cl. The monoisotopic (exact) mass is 435 g/mol. The first kappa shape index (κ1) is 22.9. The smallest absolute Gasteiger partial charge is 0.228 e. The van der Waals surface area contributed by atoms with Crippen molar-refractivity contribution in [2.75, 3.05) is 33.8 Å². The third kappa shape index (κ3) is 5.09.